The number of hydrogen-bond donors (Lipinski definition) is 0. The van der Waals surface area contributed by atoms with Gasteiger partial charge in [-0.05, 0) is 18.8 Å². The summed E-state index contributed by atoms with van der Waals surface area (Å²) < 4.78 is 10.6. The van der Waals surface area contributed by atoms with Crippen molar-refractivity contribution in [2.24, 2.45) is 5.92 Å². The molecule has 0 atom stereocenters. The van der Waals surface area contributed by atoms with Crippen LogP contribution in [0.2, 0.25) is 0 Å². The van der Waals surface area contributed by atoms with E-state index in [9.17, 15) is 0 Å². The van der Waals surface area contributed by atoms with E-state index in [0.717, 1.165) is 37.1 Å². The Kier molecular flexibility index (Phi) is 3.76. The summed E-state index contributed by atoms with van der Waals surface area (Å²) in [6, 6.07) is 0. The average Bonchev–Trinajstić information content (AvgIpc) is 2.99. The highest BCUT2D eigenvalue weighted by Gasteiger charge is 2.40. The number of morpholine rings is 1. The van der Waals surface area contributed by atoms with Gasteiger partial charge in [0.05, 0.1) is 12.2 Å². The molecule has 2 fully saturated rings. The number of anilines is 1. The van der Waals surface area contributed by atoms with Crippen LogP contribution in [0, 0.1) is 5.92 Å². The lowest BCUT2D eigenvalue weighted by Gasteiger charge is -2.40. The van der Waals surface area contributed by atoms with Crippen molar-refractivity contribution in [1.82, 2.24) is 9.36 Å². The first-order valence-electron chi connectivity index (χ1n) is 7.38. The smallest absolute Gasteiger partial charge is 0.205 e. The third kappa shape index (κ3) is 2.92. The van der Waals surface area contributed by atoms with Crippen LogP contribution in [0.1, 0.15) is 45.4 Å². The Labute approximate surface area is 119 Å². The molecule has 4 nitrogen and oxygen atoms in total. The van der Waals surface area contributed by atoms with Crippen LogP contribution in [0.5, 0.6) is 0 Å². The molecule has 1 aromatic heterocycles. The summed E-state index contributed by atoms with van der Waals surface area (Å²) in [4.78, 5) is 7.09. The molecule has 1 aliphatic heterocycles. The largest absolute Gasteiger partial charge is 0.371 e. The van der Waals surface area contributed by atoms with Gasteiger partial charge in [-0.15, -0.1) is 0 Å². The van der Waals surface area contributed by atoms with Crippen LogP contribution in [0.25, 0.3) is 0 Å². The zero-order valence-corrected chi connectivity index (χ0v) is 12.7. The van der Waals surface area contributed by atoms with Crippen molar-refractivity contribution >= 4 is 16.7 Å². The summed E-state index contributed by atoms with van der Waals surface area (Å²) in [5, 5.41) is 1.09. The molecule has 19 heavy (non-hydrogen) atoms. The van der Waals surface area contributed by atoms with Crippen LogP contribution in [-0.4, -0.2) is 34.7 Å². The molecular formula is C14H23N3OS. The summed E-state index contributed by atoms with van der Waals surface area (Å²) in [6.45, 7) is 7.21. The van der Waals surface area contributed by atoms with E-state index in [1.54, 1.807) is 11.5 Å². The minimum atomic E-state index is 0.113. The van der Waals surface area contributed by atoms with Gasteiger partial charge >= 0.3 is 0 Å². The van der Waals surface area contributed by atoms with Crippen LogP contribution in [0.15, 0.2) is 0 Å². The van der Waals surface area contributed by atoms with Gasteiger partial charge in [0.1, 0.15) is 5.82 Å². The van der Waals surface area contributed by atoms with E-state index >= 15 is 0 Å². The van der Waals surface area contributed by atoms with Crippen LogP contribution < -0.4 is 4.90 Å². The first-order valence-corrected chi connectivity index (χ1v) is 8.16. The Morgan fingerprint density at radius 2 is 2.16 bits per heavy atom. The van der Waals surface area contributed by atoms with Crippen molar-refractivity contribution in [3.8, 4) is 0 Å². The van der Waals surface area contributed by atoms with E-state index in [4.69, 9.17) is 9.72 Å². The maximum absolute atomic E-state index is 6.06. The molecule has 106 valence electrons. The molecule has 2 aliphatic rings. The van der Waals surface area contributed by atoms with E-state index < -0.39 is 0 Å². The molecular weight excluding hydrogens is 258 g/mol. The van der Waals surface area contributed by atoms with Crippen molar-refractivity contribution in [3.63, 3.8) is 0 Å². The second-order valence-electron chi connectivity index (χ2n) is 6.25. The normalized spacial score (nSPS) is 22.6. The summed E-state index contributed by atoms with van der Waals surface area (Å²) in [5.41, 5.74) is 0.113. The van der Waals surface area contributed by atoms with Crippen molar-refractivity contribution in [2.75, 3.05) is 24.6 Å². The lowest BCUT2D eigenvalue weighted by molar-refractivity contribution is -0.0501. The van der Waals surface area contributed by atoms with Crippen LogP contribution in [0.3, 0.4) is 0 Å². The van der Waals surface area contributed by atoms with Crippen molar-refractivity contribution in [3.05, 3.63) is 5.82 Å². The number of nitrogens with zero attached hydrogens (tertiary/aromatic N) is 3. The third-order valence-electron chi connectivity index (χ3n) is 4.08. The molecule has 2 heterocycles. The Morgan fingerprint density at radius 3 is 2.89 bits per heavy atom. The molecule has 5 heteroatoms. The zero-order valence-electron chi connectivity index (χ0n) is 11.9. The van der Waals surface area contributed by atoms with E-state index in [-0.39, 0.29) is 5.60 Å². The molecule has 1 aliphatic carbocycles. The Hall–Kier alpha value is -0.680. The predicted octanol–water partition coefficient (Wildman–Crippen LogP) is 2.89. The van der Waals surface area contributed by atoms with Gasteiger partial charge in [0, 0.05) is 31.0 Å². The van der Waals surface area contributed by atoms with E-state index in [1.807, 2.05) is 0 Å². The molecule has 0 amide bonds. The molecule has 1 aromatic rings. The molecule has 0 radical (unpaired) electrons. The summed E-state index contributed by atoms with van der Waals surface area (Å²) in [6.07, 6.45) is 6.01. The van der Waals surface area contributed by atoms with Gasteiger partial charge in [0.15, 0.2) is 0 Å². The fraction of sp³-hybridized carbons (Fsp3) is 0.857. The maximum Gasteiger partial charge on any atom is 0.205 e. The van der Waals surface area contributed by atoms with Gasteiger partial charge in [-0.3, -0.25) is 0 Å². The number of rotatable bonds is 3. The number of aromatic nitrogens is 2. The van der Waals surface area contributed by atoms with Crippen LogP contribution >= 0.6 is 11.5 Å². The van der Waals surface area contributed by atoms with Crippen LogP contribution in [0.4, 0.5) is 5.13 Å². The minimum Gasteiger partial charge on any atom is -0.371 e. The molecule has 0 unspecified atom stereocenters. The Bertz CT molecular complexity index is 426. The topological polar surface area (TPSA) is 38.2 Å². The fourth-order valence-corrected chi connectivity index (χ4v) is 3.87. The Balaban J connectivity index is 1.69. The first-order chi connectivity index (χ1) is 9.17. The maximum atomic E-state index is 6.06. The van der Waals surface area contributed by atoms with Gasteiger partial charge in [-0.2, -0.15) is 4.37 Å². The van der Waals surface area contributed by atoms with Gasteiger partial charge < -0.3 is 9.64 Å². The lowest BCUT2D eigenvalue weighted by Crippen LogP contribution is -2.50. The molecule has 1 saturated carbocycles. The van der Waals surface area contributed by atoms with Crippen molar-refractivity contribution in [1.29, 1.82) is 0 Å². The van der Waals surface area contributed by atoms with Crippen LogP contribution in [-0.2, 0) is 11.2 Å². The quantitative estimate of drug-likeness (QED) is 0.854. The molecule has 1 saturated heterocycles. The average molecular weight is 281 g/mol. The number of ether oxygens (including phenoxy) is 1. The number of hydrogen-bond acceptors (Lipinski definition) is 5. The minimum absolute atomic E-state index is 0.113. The monoisotopic (exact) mass is 281 g/mol. The third-order valence-corrected chi connectivity index (χ3v) is 4.90. The molecule has 3 rings (SSSR count). The molecule has 0 bridgehead atoms. The first kappa shape index (κ1) is 13.3. The molecule has 0 aromatic carbocycles. The lowest BCUT2D eigenvalue weighted by atomic mass is 10.0. The van der Waals surface area contributed by atoms with Gasteiger partial charge in [0.25, 0.3) is 0 Å². The molecule has 1 spiro atoms. The highest BCUT2D eigenvalue weighted by atomic mass is 32.1. The summed E-state index contributed by atoms with van der Waals surface area (Å²) in [5.74, 6) is 1.62. The standard InChI is InChI=1S/C14H23N3OS/c1-11(2)9-12-15-13(19-16-12)17-7-8-18-14(10-17)5-3-4-6-14/h11H,3-10H2,1-2H3. The molecule has 0 N–H and O–H groups in total. The second-order valence-corrected chi connectivity index (χ2v) is 6.98. The highest BCUT2D eigenvalue weighted by molar-refractivity contribution is 7.09. The van der Waals surface area contributed by atoms with Gasteiger partial charge in [-0.1, -0.05) is 26.7 Å². The van der Waals surface area contributed by atoms with E-state index in [2.05, 4.69) is 23.1 Å². The van der Waals surface area contributed by atoms with Crippen molar-refractivity contribution in [2.45, 2.75) is 51.6 Å². The second kappa shape index (κ2) is 5.37. The van der Waals surface area contributed by atoms with Crippen molar-refractivity contribution < 1.29 is 4.74 Å². The van der Waals surface area contributed by atoms with Gasteiger partial charge in [-0.25, -0.2) is 4.98 Å². The summed E-state index contributed by atoms with van der Waals surface area (Å²) >= 11 is 1.55. The zero-order chi connectivity index (χ0) is 13.3. The van der Waals surface area contributed by atoms with E-state index in [0.29, 0.717) is 5.92 Å². The predicted molar refractivity (Wildman–Crippen MR) is 77.8 cm³/mol. The van der Waals surface area contributed by atoms with Gasteiger partial charge in [0.2, 0.25) is 5.13 Å². The summed E-state index contributed by atoms with van der Waals surface area (Å²) in [7, 11) is 0. The van der Waals surface area contributed by atoms with E-state index in [1.165, 1.54) is 25.7 Å². The Morgan fingerprint density at radius 1 is 1.37 bits per heavy atom. The fourth-order valence-electron chi connectivity index (χ4n) is 3.15. The highest BCUT2D eigenvalue weighted by Crippen LogP contribution is 2.37. The SMILES string of the molecule is CC(C)Cc1nsc(N2CCOC3(CCCC3)C2)n1.